The molecular weight excluding hydrogens is 422 g/mol. The minimum atomic E-state index is -0.196. The molecule has 0 fully saturated rings. The average molecular weight is 446 g/mol. The number of nitrogens with one attached hydrogen (secondary N) is 1. The second-order valence-corrected chi connectivity index (χ2v) is 8.08. The molecular formula is C25H23N3O3S. The van der Waals surface area contributed by atoms with Gasteiger partial charge in [0.25, 0.3) is 5.56 Å². The number of methoxy groups -OCH3 is 1. The maximum atomic E-state index is 13.3. The van der Waals surface area contributed by atoms with Crippen LogP contribution in [0.1, 0.15) is 12.5 Å². The molecule has 0 radical (unpaired) electrons. The van der Waals surface area contributed by atoms with Crippen molar-refractivity contribution < 1.29 is 9.53 Å². The van der Waals surface area contributed by atoms with Crippen LogP contribution in [0.4, 0.5) is 5.69 Å². The van der Waals surface area contributed by atoms with Crippen molar-refractivity contribution in [1.29, 1.82) is 0 Å². The number of amides is 1. The van der Waals surface area contributed by atoms with Gasteiger partial charge in [0.2, 0.25) is 5.91 Å². The van der Waals surface area contributed by atoms with Crippen LogP contribution in [0.25, 0.3) is 16.6 Å². The topological polar surface area (TPSA) is 73.2 Å². The molecule has 1 amide bonds. The summed E-state index contributed by atoms with van der Waals surface area (Å²) < 4.78 is 6.77. The molecule has 1 aromatic heterocycles. The van der Waals surface area contributed by atoms with Crippen LogP contribution in [0.3, 0.4) is 0 Å². The minimum Gasteiger partial charge on any atom is -0.497 e. The lowest BCUT2D eigenvalue weighted by Gasteiger charge is -2.14. The first-order valence-electron chi connectivity index (χ1n) is 10.3. The van der Waals surface area contributed by atoms with Crippen molar-refractivity contribution in [3.05, 3.63) is 88.7 Å². The van der Waals surface area contributed by atoms with Crippen molar-refractivity contribution in [2.24, 2.45) is 0 Å². The molecule has 0 saturated heterocycles. The van der Waals surface area contributed by atoms with Crippen molar-refractivity contribution in [1.82, 2.24) is 9.55 Å². The average Bonchev–Trinajstić information content (AvgIpc) is 2.83. The smallest absolute Gasteiger partial charge is 0.266 e. The third-order valence-corrected chi connectivity index (χ3v) is 5.97. The zero-order valence-electron chi connectivity index (χ0n) is 17.9. The second-order valence-electron chi connectivity index (χ2n) is 7.14. The Morgan fingerprint density at radius 1 is 1.06 bits per heavy atom. The molecule has 6 nitrogen and oxygen atoms in total. The number of hydrogen-bond acceptors (Lipinski definition) is 5. The van der Waals surface area contributed by atoms with Crippen LogP contribution < -0.4 is 15.6 Å². The van der Waals surface area contributed by atoms with Gasteiger partial charge in [-0.15, -0.1) is 0 Å². The third kappa shape index (κ3) is 4.68. The van der Waals surface area contributed by atoms with E-state index in [1.165, 1.54) is 17.3 Å². The SMILES string of the molecule is CCc1ccc(-n2c(SCC(=O)Nc3cccc(OC)c3)nc3ccccc3c2=O)cc1. The summed E-state index contributed by atoms with van der Waals surface area (Å²) in [6, 6.07) is 22.2. The standard InChI is InChI=1S/C25H23N3O3S/c1-3-17-11-13-19(14-12-17)28-24(30)21-9-4-5-10-22(21)27-25(28)32-16-23(29)26-18-7-6-8-20(15-18)31-2/h4-15H,3,16H2,1-2H3,(H,26,29). The monoisotopic (exact) mass is 445 g/mol. The first-order chi connectivity index (χ1) is 15.6. The van der Waals surface area contributed by atoms with Gasteiger partial charge in [-0.05, 0) is 48.4 Å². The van der Waals surface area contributed by atoms with Crippen LogP contribution in [0, 0.1) is 0 Å². The van der Waals surface area contributed by atoms with Crippen LogP contribution in [-0.4, -0.2) is 28.3 Å². The van der Waals surface area contributed by atoms with E-state index in [0.29, 0.717) is 27.5 Å². The van der Waals surface area contributed by atoms with Crippen LogP contribution in [-0.2, 0) is 11.2 Å². The van der Waals surface area contributed by atoms with Crippen LogP contribution in [0.15, 0.2) is 82.7 Å². The number of aromatic nitrogens is 2. The summed E-state index contributed by atoms with van der Waals surface area (Å²) in [5.74, 6) is 0.573. The number of thioether (sulfide) groups is 1. The van der Waals surface area contributed by atoms with E-state index in [-0.39, 0.29) is 17.2 Å². The van der Waals surface area contributed by atoms with E-state index in [9.17, 15) is 9.59 Å². The van der Waals surface area contributed by atoms with E-state index in [4.69, 9.17) is 4.74 Å². The highest BCUT2D eigenvalue weighted by Gasteiger charge is 2.15. The number of carbonyl (C=O) groups excluding carboxylic acids is 1. The van der Waals surface area contributed by atoms with E-state index in [2.05, 4.69) is 17.2 Å². The minimum absolute atomic E-state index is 0.106. The van der Waals surface area contributed by atoms with Gasteiger partial charge in [-0.25, -0.2) is 4.98 Å². The Hall–Kier alpha value is -3.58. The number of nitrogens with zero attached hydrogens (tertiary/aromatic N) is 2. The Labute approximate surface area is 190 Å². The molecule has 0 aliphatic carbocycles. The summed E-state index contributed by atoms with van der Waals surface area (Å²) in [6.07, 6.45) is 0.914. The molecule has 0 atom stereocenters. The molecule has 0 aliphatic rings. The Kier molecular flexibility index (Phi) is 6.56. The van der Waals surface area contributed by atoms with Gasteiger partial charge in [0, 0.05) is 11.8 Å². The second kappa shape index (κ2) is 9.70. The Morgan fingerprint density at radius 2 is 1.84 bits per heavy atom. The Morgan fingerprint density at radius 3 is 2.59 bits per heavy atom. The van der Waals surface area contributed by atoms with Crippen molar-refractivity contribution in [3.8, 4) is 11.4 Å². The van der Waals surface area contributed by atoms with Crippen LogP contribution >= 0.6 is 11.8 Å². The molecule has 3 aromatic carbocycles. The van der Waals surface area contributed by atoms with Crippen LogP contribution in [0.5, 0.6) is 5.75 Å². The van der Waals surface area contributed by atoms with Gasteiger partial charge in [-0.3, -0.25) is 14.2 Å². The number of ether oxygens (including phenoxy) is 1. The van der Waals surface area contributed by atoms with Gasteiger partial charge in [0.1, 0.15) is 5.75 Å². The highest BCUT2D eigenvalue weighted by Crippen LogP contribution is 2.23. The zero-order valence-corrected chi connectivity index (χ0v) is 18.7. The van der Waals surface area contributed by atoms with Gasteiger partial charge in [-0.2, -0.15) is 0 Å². The number of para-hydroxylation sites is 1. The van der Waals surface area contributed by atoms with Crippen molar-refractivity contribution >= 4 is 34.3 Å². The fraction of sp³-hybridized carbons (Fsp3) is 0.160. The van der Waals surface area contributed by atoms with E-state index >= 15 is 0 Å². The maximum absolute atomic E-state index is 13.3. The molecule has 7 heteroatoms. The lowest BCUT2D eigenvalue weighted by atomic mass is 10.1. The summed E-state index contributed by atoms with van der Waals surface area (Å²) in [5.41, 5.74) is 3.00. The largest absolute Gasteiger partial charge is 0.497 e. The molecule has 0 spiro atoms. The number of anilines is 1. The van der Waals surface area contributed by atoms with E-state index < -0.39 is 0 Å². The zero-order chi connectivity index (χ0) is 22.5. The van der Waals surface area contributed by atoms with E-state index in [1.54, 1.807) is 29.9 Å². The molecule has 0 saturated carbocycles. The molecule has 0 bridgehead atoms. The number of carbonyl (C=O) groups is 1. The summed E-state index contributed by atoms with van der Waals surface area (Å²) in [4.78, 5) is 30.6. The van der Waals surface area contributed by atoms with Gasteiger partial charge >= 0.3 is 0 Å². The summed E-state index contributed by atoms with van der Waals surface area (Å²) in [7, 11) is 1.58. The fourth-order valence-electron chi connectivity index (χ4n) is 3.35. The summed E-state index contributed by atoms with van der Waals surface area (Å²) in [6.45, 7) is 2.08. The third-order valence-electron chi connectivity index (χ3n) is 5.03. The van der Waals surface area contributed by atoms with Crippen molar-refractivity contribution in [2.75, 3.05) is 18.2 Å². The number of fused-ring (bicyclic) bond motifs is 1. The highest BCUT2D eigenvalue weighted by molar-refractivity contribution is 7.99. The number of benzene rings is 3. The molecule has 1 heterocycles. The first kappa shape index (κ1) is 21.6. The van der Waals surface area contributed by atoms with Crippen molar-refractivity contribution in [2.45, 2.75) is 18.5 Å². The molecule has 1 N–H and O–H groups in total. The number of hydrogen-bond donors (Lipinski definition) is 1. The summed E-state index contributed by atoms with van der Waals surface area (Å²) in [5, 5.41) is 3.87. The quantitative estimate of drug-likeness (QED) is 0.330. The predicted octanol–water partition coefficient (Wildman–Crippen LogP) is 4.69. The van der Waals surface area contributed by atoms with E-state index in [1.807, 2.05) is 54.6 Å². The molecule has 0 aliphatic heterocycles. The molecule has 4 rings (SSSR count). The molecule has 32 heavy (non-hydrogen) atoms. The highest BCUT2D eigenvalue weighted by atomic mass is 32.2. The molecule has 162 valence electrons. The van der Waals surface area contributed by atoms with Gasteiger partial charge < -0.3 is 10.1 Å². The first-order valence-corrected chi connectivity index (χ1v) is 11.3. The number of rotatable bonds is 7. The molecule has 0 unspecified atom stereocenters. The van der Waals surface area contributed by atoms with Gasteiger partial charge in [0.15, 0.2) is 5.16 Å². The van der Waals surface area contributed by atoms with Crippen LogP contribution in [0.2, 0.25) is 0 Å². The summed E-state index contributed by atoms with van der Waals surface area (Å²) >= 11 is 1.23. The fourth-order valence-corrected chi connectivity index (χ4v) is 4.16. The van der Waals surface area contributed by atoms with E-state index in [0.717, 1.165) is 12.1 Å². The Balaban J connectivity index is 1.64. The molecule has 4 aromatic rings. The lowest BCUT2D eigenvalue weighted by molar-refractivity contribution is -0.113. The normalized spacial score (nSPS) is 10.8. The predicted molar refractivity (Wildman–Crippen MR) is 129 cm³/mol. The Bertz CT molecular complexity index is 1320. The number of aryl methyl sites for hydroxylation is 1. The maximum Gasteiger partial charge on any atom is 0.266 e. The lowest BCUT2D eigenvalue weighted by Crippen LogP contribution is -2.23. The van der Waals surface area contributed by atoms with Gasteiger partial charge in [0.05, 0.1) is 29.5 Å². The van der Waals surface area contributed by atoms with Gasteiger partial charge in [-0.1, -0.05) is 49.0 Å². The van der Waals surface area contributed by atoms with Crippen molar-refractivity contribution in [3.63, 3.8) is 0 Å².